The minimum Gasteiger partial charge on any atom is -0.454 e. The Morgan fingerprint density at radius 2 is 1.84 bits per heavy atom. The molecular formula is C16H17N5O4. The van der Waals surface area contributed by atoms with Crippen molar-refractivity contribution in [2.24, 2.45) is 0 Å². The van der Waals surface area contributed by atoms with E-state index < -0.39 is 0 Å². The number of ether oxygens (including phenoxy) is 2. The number of aromatic nitrogens is 3. The molecule has 2 amide bonds. The maximum atomic E-state index is 12.5. The highest BCUT2D eigenvalue weighted by Gasteiger charge is 2.26. The van der Waals surface area contributed by atoms with Gasteiger partial charge in [-0.25, -0.2) is 4.98 Å². The van der Waals surface area contributed by atoms with Crippen LogP contribution in [0.15, 0.2) is 24.5 Å². The van der Waals surface area contributed by atoms with E-state index in [2.05, 4.69) is 15.2 Å². The predicted molar refractivity (Wildman–Crippen MR) is 85.1 cm³/mol. The van der Waals surface area contributed by atoms with Crippen LogP contribution in [-0.4, -0.2) is 69.8 Å². The first kappa shape index (κ1) is 15.4. The average molecular weight is 343 g/mol. The summed E-state index contributed by atoms with van der Waals surface area (Å²) in [6.07, 6.45) is 1.60. The molecule has 9 nitrogen and oxygen atoms in total. The molecule has 0 aliphatic carbocycles. The number of hydrogen-bond donors (Lipinski definition) is 1. The van der Waals surface area contributed by atoms with Crippen LogP contribution in [0.3, 0.4) is 0 Å². The quantitative estimate of drug-likeness (QED) is 0.846. The summed E-state index contributed by atoms with van der Waals surface area (Å²) in [5.41, 5.74) is 0.884. The highest BCUT2D eigenvalue weighted by molar-refractivity contribution is 5.90. The van der Waals surface area contributed by atoms with Crippen molar-refractivity contribution in [3.05, 3.63) is 35.9 Å². The number of piperazine rings is 1. The third-order valence-electron chi connectivity index (χ3n) is 4.33. The van der Waals surface area contributed by atoms with Crippen LogP contribution in [0.4, 0.5) is 0 Å². The molecule has 1 aromatic heterocycles. The number of nitrogens with one attached hydrogen (secondary N) is 1. The molecule has 25 heavy (non-hydrogen) atoms. The summed E-state index contributed by atoms with van der Waals surface area (Å²) >= 11 is 0. The largest absolute Gasteiger partial charge is 0.454 e. The summed E-state index contributed by atoms with van der Waals surface area (Å²) in [7, 11) is 0. The van der Waals surface area contributed by atoms with Gasteiger partial charge in [0, 0.05) is 26.2 Å². The Labute approximate surface area is 143 Å². The summed E-state index contributed by atoms with van der Waals surface area (Å²) in [6.45, 7) is 2.18. The Bertz CT molecular complexity index is 784. The van der Waals surface area contributed by atoms with Gasteiger partial charge >= 0.3 is 0 Å². The minimum absolute atomic E-state index is 0.0330. The van der Waals surface area contributed by atoms with Crippen molar-refractivity contribution >= 4 is 11.8 Å². The number of carbonyl (C=O) groups is 2. The fraction of sp³-hybridized carbons (Fsp3) is 0.375. The molecule has 2 aliphatic rings. The van der Waals surface area contributed by atoms with Gasteiger partial charge in [-0.3, -0.25) is 14.7 Å². The van der Waals surface area contributed by atoms with E-state index in [1.807, 2.05) is 18.2 Å². The molecule has 0 unspecified atom stereocenters. The highest BCUT2D eigenvalue weighted by atomic mass is 16.7. The first-order valence-electron chi connectivity index (χ1n) is 8.01. The van der Waals surface area contributed by atoms with Crippen LogP contribution in [-0.2, 0) is 11.2 Å². The lowest BCUT2D eigenvalue weighted by atomic mass is 10.1. The first-order chi connectivity index (χ1) is 12.2. The predicted octanol–water partition coefficient (Wildman–Crippen LogP) is 0.0605. The van der Waals surface area contributed by atoms with Gasteiger partial charge in [-0.05, 0) is 17.7 Å². The maximum absolute atomic E-state index is 12.5. The Kier molecular flexibility index (Phi) is 3.96. The molecule has 3 heterocycles. The molecule has 0 bridgehead atoms. The summed E-state index contributed by atoms with van der Waals surface area (Å²) in [4.78, 5) is 32.0. The third-order valence-corrected chi connectivity index (χ3v) is 4.33. The van der Waals surface area contributed by atoms with E-state index in [-0.39, 0.29) is 24.4 Å². The second kappa shape index (κ2) is 6.42. The van der Waals surface area contributed by atoms with E-state index >= 15 is 0 Å². The lowest BCUT2D eigenvalue weighted by Crippen LogP contribution is -2.51. The number of nitrogens with zero attached hydrogens (tertiary/aromatic N) is 4. The smallest absolute Gasteiger partial charge is 0.291 e. The van der Waals surface area contributed by atoms with E-state index in [0.29, 0.717) is 44.1 Å². The molecule has 0 saturated carbocycles. The van der Waals surface area contributed by atoms with Crippen molar-refractivity contribution in [2.75, 3.05) is 33.0 Å². The number of rotatable bonds is 3. The summed E-state index contributed by atoms with van der Waals surface area (Å²) in [5.74, 6) is 1.44. The normalized spacial score (nSPS) is 16.2. The number of hydrogen-bond acceptors (Lipinski definition) is 6. The lowest BCUT2D eigenvalue weighted by molar-refractivity contribution is -0.131. The van der Waals surface area contributed by atoms with Gasteiger partial charge in [0.2, 0.25) is 18.5 Å². The summed E-state index contributed by atoms with van der Waals surface area (Å²) in [6, 6.07) is 5.53. The van der Waals surface area contributed by atoms with Crippen molar-refractivity contribution in [3.63, 3.8) is 0 Å². The van der Waals surface area contributed by atoms with E-state index in [1.165, 1.54) is 6.33 Å². The van der Waals surface area contributed by atoms with Crippen LogP contribution in [0.1, 0.15) is 16.2 Å². The van der Waals surface area contributed by atoms with Crippen LogP contribution in [0, 0.1) is 0 Å². The second-order valence-corrected chi connectivity index (χ2v) is 5.87. The summed E-state index contributed by atoms with van der Waals surface area (Å²) in [5, 5.41) is 6.25. The van der Waals surface area contributed by atoms with Gasteiger partial charge < -0.3 is 19.3 Å². The van der Waals surface area contributed by atoms with Gasteiger partial charge in [0.15, 0.2) is 11.5 Å². The SMILES string of the molecule is O=C(Cc1ccc2c(c1)OCO2)N1CCN(C(=O)c2ncn[nH]2)CC1. The van der Waals surface area contributed by atoms with Crippen molar-refractivity contribution in [1.82, 2.24) is 25.0 Å². The van der Waals surface area contributed by atoms with Gasteiger partial charge in [-0.2, -0.15) is 5.10 Å². The van der Waals surface area contributed by atoms with Crippen molar-refractivity contribution in [3.8, 4) is 11.5 Å². The monoisotopic (exact) mass is 343 g/mol. The standard InChI is InChI=1S/C16H17N5O4/c22-14(8-11-1-2-12-13(7-11)25-10-24-12)20-3-5-21(6-4-20)16(23)15-17-9-18-19-15/h1-2,7,9H,3-6,8,10H2,(H,17,18,19). The number of H-pyrrole nitrogens is 1. The Morgan fingerprint density at radius 1 is 1.08 bits per heavy atom. The van der Waals surface area contributed by atoms with Gasteiger partial charge in [0.25, 0.3) is 5.91 Å². The number of aromatic amines is 1. The zero-order chi connectivity index (χ0) is 17.2. The third kappa shape index (κ3) is 3.12. The Hall–Kier alpha value is -3.10. The van der Waals surface area contributed by atoms with Gasteiger partial charge in [-0.15, -0.1) is 0 Å². The molecule has 1 fully saturated rings. The fourth-order valence-corrected chi connectivity index (χ4v) is 2.95. The van der Waals surface area contributed by atoms with Crippen LogP contribution >= 0.6 is 0 Å². The molecular weight excluding hydrogens is 326 g/mol. The van der Waals surface area contributed by atoms with Crippen LogP contribution in [0.25, 0.3) is 0 Å². The topological polar surface area (TPSA) is 101 Å². The maximum Gasteiger partial charge on any atom is 0.291 e. The molecule has 0 atom stereocenters. The number of amides is 2. The average Bonchev–Trinajstić information content (AvgIpc) is 3.32. The first-order valence-corrected chi connectivity index (χ1v) is 8.01. The molecule has 1 N–H and O–H groups in total. The molecule has 1 aromatic carbocycles. The molecule has 2 aliphatic heterocycles. The zero-order valence-electron chi connectivity index (χ0n) is 13.5. The molecule has 4 rings (SSSR count). The number of benzene rings is 1. The van der Waals surface area contributed by atoms with Gasteiger partial charge in [0.05, 0.1) is 6.42 Å². The fourth-order valence-electron chi connectivity index (χ4n) is 2.95. The summed E-state index contributed by atoms with van der Waals surface area (Å²) < 4.78 is 10.6. The van der Waals surface area contributed by atoms with Crippen LogP contribution in [0.5, 0.6) is 11.5 Å². The van der Waals surface area contributed by atoms with E-state index in [4.69, 9.17) is 9.47 Å². The van der Waals surface area contributed by atoms with Crippen LogP contribution in [0.2, 0.25) is 0 Å². The second-order valence-electron chi connectivity index (χ2n) is 5.87. The van der Waals surface area contributed by atoms with Crippen molar-refractivity contribution < 1.29 is 19.1 Å². The van der Waals surface area contributed by atoms with Gasteiger partial charge in [0.1, 0.15) is 6.33 Å². The molecule has 0 radical (unpaired) electrons. The minimum atomic E-state index is -0.194. The van der Waals surface area contributed by atoms with Crippen molar-refractivity contribution in [1.29, 1.82) is 0 Å². The molecule has 1 saturated heterocycles. The highest BCUT2D eigenvalue weighted by Crippen LogP contribution is 2.32. The van der Waals surface area contributed by atoms with Crippen LogP contribution < -0.4 is 9.47 Å². The molecule has 0 spiro atoms. The lowest BCUT2D eigenvalue weighted by Gasteiger charge is -2.34. The zero-order valence-corrected chi connectivity index (χ0v) is 13.5. The number of carbonyl (C=O) groups excluding carboxylic acids is 2. The number of fused-ring (bicyclic) bond motifs is 1. The van der Waals surface area contributed by atoms with E-state index in [0.717, 1.165) is 5.56 Å². The van der Waals surface area contributed by atoms with Crippen molar-refractivity contribution in [2.45, 2.75) is 6.42 Å². The Morgan fingerprint density at radius 3 is 2.60 bits per heavy atom. The molecule has 2 aromatic rings. The van der Waals surface area contributed by atoms with E-state index in [9.17, 15) is 9.59 Å². The van der Waals surface area contributed by atoms with Gasteiger partial charge in [-0.1, -0.05) is 6.07 Å². The Balaban J connectivity index is 1.33. The van der Waals surface area contributed by atoms with E-state index in [1.54, 1.807) is 9.80 Å². The molecule has 130 valence electrons. The molecule has 9 heteroatoms.